The number of benzene rings is 1. The van der Waals surface area contributed by atoms with Crippen LogP contribution in [0, 0.1) is 19.7 Å². The smallest absolute Gasteiger partial charge is 0.322 e. The van der Waals surface area contributed by atoms with E-state index < -0.39 is 5.82 Å². The molecule has 2 heterocycles. The van der Waals surface area contributed by atoms with E-state index in [1.165, 1.54) is 24.5 Å². The quantitative estimate of drug-likeness (QED) is 0.693. The summed E-state index contributed by atoms with van der Waals surface area (Å²) in [5.74, 6) is -0.256. The number of rotatable bonds is 5. The fourth-order valence-corrected chi connectivity index (χ4v) is 2.25. The van der Waals surface area contributed by atoms with E-state index in [9.17, 15) is 9.18 Å². The molecule has 6 nitrogen and oxygen atoms in total. The van der Waals surface area contributed by atoms with Crippen LogP contribution in [0.3, 0.4) is 0 Å². The van der Waals surface area contributed by atoms with E-state index in [2.05, 4.69) is 15.3 Å². The van der Waals surface area contributed by atoms with Crippen LogP contribution in [0.4, 0.5) is 10.1 Å². The number of aryl methyl sites for hydroxylation is 2. The summed E-state index contributed by atoms with van der Waals surface area (Å²) in [4.78, 5) is 20.4. The summed E-state index contributed by atoms with van der Waals surface area (Å²) >= 11 is 0. The molecule has 2 aromatic heterocycles. The number of carbonyl (C=O) groups is 1. The van der Waals surface area contributed by atoms with Gasteiger partial charge in [0.25, 0.3) is 0 Å². The number of para-hydroxylation sites is 1. The van der Waals surface area contributed by atoms with Crippen LogP contribution in [-0.4, -0.2) is 15.9 Å². The zero-order valence-electron chi connectivity index (χ0n) is 14.2. The number of halogens is 1. The van der Waals surface area contributed by atoms with Gasteiger partial charge in [0.2, 0.25) is 5.91 Å². The van der Waals surface area contributed by atoms with Crippen molar-refractivity contribution in [2.24, 2.45) is 0 Å². The van der Waals surface area contributed by atoms with E-state index in [-0.39, 0.29) is 17.7 Å². The molecule has 0 saturated heterocycles. The van der Waals surface area contributed by atoms with Crippen LogP contribution in [0.1, 0.15) is 17.1 Å². The molecule has 0 aliphatic carbocycles. The number of hydrogen-bond acceptors (Lipinski definition) is 5. The maximum absolute atomic E-state index is 13.7. The van der Waals surface area contributed by atoms with Crippen LogP contribution >= 0.6 is 0 Å². The molecule has 3 rings (SSSR count). The number of aromatic nitrogens is 2. The SMILES string of the molecule is Cc1nc(Oc2ccccc2F)nc(C)c1NC(=O)/C=C/c1ccco1. The van der Waals surface area contributed by atoms with Crippen molar-refractivity contribution in [1.29, 1.82) is 0 Å². The molecule has 132 valence electrons. The van der Waals surface area contributed by atoms with Crippen LogP contribution in [0.2, 0.25) is 0 Å². The number of furan rings is 1. The summed E-state index contributed by atoms with van der Waals surface area (Å²) in [5.41, 5.74) is 1.48. The van der Waals surface area contributed by atoms with Crippen LogP contribution in [-0.2, 0) is 4.79 Å². The number of anilines is 1. The van der Waals surface area contributed by atoms with Gasteiger partial charge < -0.3 is 14.5 Å². The fourth-order valence-electron chi connectivity index (χ4n) is 2.25. The molecular weight excluding hydrogens is 337 g/mol. The van der Waals surface area contributed by atoms with E-state index >= 15 is 0 Å². The maximum Gasteiger partial charge on any atom is 0.322 e. The van der Waals surface area contributed by atoms with Crippen LogP contribution < -0.4 is 10.1 Å². The van der Waals surface area contributed by atoms with Crippen molar-refractivity contribution in [1.82, 2.24) is 9.97 Å². The molecule has 1 N–H and O–H groups in total. The lowest BCUT2D eigenvalue weighted by Gasteiger charge is -2.11. The summed E-state index contributed by atoms with van der Waals surface area (Å²) in [7, 11) is 0. The fraction of sp³-hybridized carbons (Fsp3) is 0.105. The van der Waals surface area contributed by atoms with Crippen molar-refractivity contribution >= 4 is 17.7 Å². The lowest BCUT2D eigenvalue weighted by Crippen LogP contribution is -2.12. The van der Waals surface area contributed by atoms with Crippen molar-refractivity contribution in [3.05, 3.63) is 71.7 Å². The van der Waals surface area contributed by atoms with Gasteiger partial charge >= 0.3 is 6.01 Å². The lowest BCUT2D eigenvalue weighted by atomic mass is 10.2. The third-order valence-corrected chi connectivity index (χ3v) is 3.48. The second kappa shape index (κ2) is 7.60. The highest BCUT2D eigenvalue weighted by Gasteiger charge is 2.13. The second-order valence-electron chi connectivity index (χ2n) is 5.42. The molecule has 0 atom stereocenters. The average Bonchev–Trinajstić information content (AvgIpc) is 3.12. The van der Waals surface area contributed by atoms with E-state index in [1.54, 1.807) is 44.2 Å². The van der Waals surface area contributed by atoms with E-state index in [1.807, 2.05) is 0 Å². The molecule has 3 aromatic rings. The molecule has 0 aliphatic heterocycles. The number of hydrogen-bond donors (Lipinski definition) is 1. The van der Waals surface area contributed by atoms with Gasteiger partial charge in [-0.05, 0) is 44.2 Å². The minimum absolute atomic E-state index is 0.00854. The number of carbonyl (C=O) groups excluding carboxylic acids is 1. The Morgan fingerprint density at radius 2 is 1.88 bits per heavy atom. The van der Waals surface area contributed by atoms with E-state index in [0.29, 0.717) is 22.8 Å². The topological polar surface area (TPSA) is 77.3 Å². The van der Waals surface area contributed by atoms with Crippen LogP contribution in [0.5, 0.6) is 11.8 Å². The molecule has 26 heavy (non-hydrogen) atoms. The van der Waals surface area contributed by atoms with Crippen molar-refractivity contribution in [2.45, 2.75) is 13.8 Å². The van der Waals surface area contributed by atoms with Gasteiger partial charge in [0.1, 0.15) is 5.76 Å². The van der Waals surface area contributed by atoms with E-state index in [4.69, 9.17) is 9.15 Å². The third-order valence-electron chi connectivity index (χ3n) is 3.48. The average molecular weight is 353 g/mol. The number of amides is 1. The summed E-state index contributed by atoms with van der Waals surface area (Å²) in [6.45, 7) is 3.41. The first-order valence-corrected chi connectivity index (χ1v) is 7.83. The van der Waals surface area contributed by atoms with Gasteiger partial charge in [0, 0.05) is 6.08 Å². The van der Waals surface area contributed by atoms with Crippen molar-refractivity contribution in [3.8, 4) is 11.8 Å². The zero-order chi connectivity index (χ0) is 18.5. The van der Waals surface area contributed by atoms with Gasteiger partial charge in [-0.25, -0.2) is 4.39 Å². The lowest BCUT2D eigenvalue weighted by molar-refractivity contribution is -0.111. The number of nitrogens with one attached hydrogen (secondary N) is 1. The standard InChI is InChI=1S/C19H16FN3O3/c1-12-18(23-17(24)10-9-14-6-5-11-25-14)13(2)22-19(21-12)26-16-8-4-3-7-15(16)20/h3-11H,1-2H3,(H,23,24)/b10-9+. The highest BCUT2D eigenvalue weighted by Crippen LogP contribution is 2.25. The Bertz CT molecular complexity index is 929. The van der Waals surface area contributed by atoms with Gasteiger partial charge in [-0.2, -0.15) is 9.97 Å². The molecule has 0 bridgehead atoms. The predicted molar refractivity (Wildman–Crippen MR) is 94.4 cm³/mol. The van der Waals surface area contributed by atoms with Gasteiger partial charge in [-0.15, -0.1) is 0 Å². The first kappa shape index (κ1) is 17.3. The van der Waals surface area contributed by atoms with Gasteiger partial charge in [-0.3, -0.25) is 4.79 Å². The monoisotopic (exact) mass is 353 g/mol. The first-order chi connectivity index (χ1) is 12.5. The zero-order valence-corrected chi connectivity index (χ0v) is 14.2. The third kappa shape index (κ3) is 4.13. The maximum atomic E-state index is 13.7. The van der Waals surface area contributed by atoms with Gasteiger partial charge in [0.15, 0.2) is 11.6 Å². The molecule has 0 fully saturated rings. The molecular formula is C19H16FN3O3. The van der Waals surface area contributed by atoms with Crippen LogP contribution in [0.25, 0.3) is 6.08 Å². The van der Waals surface area contributed by atoms with Crippen molar-refractivity contribution < 1.29 is 18.3 Å². The predicted octanol–water partition coefficient (Wildman–Crippen LogP) is 4.27. The number of nitrogens with zero attached hydrogens (tertiary/aromatic N) is 2. The van der Waals surface area contributed by atoms with E-state index in [0.717, 1.165) is 0 Å². The molecule has 7 heteroatoms. The summed E-state index contributed by atoms with van der Waals surface area (Å²) in [6.07, 6.45) is 4.42. The Morgan fingerprint density at radius 1 is 1.15 bits per heavy atom. The highest BCUT2D eigenvalue weighted by atomic mass is 19.1. The molecule has 0 aliphatic rings. The normalized spacial score (nSPS) is 10.9. The Morgan fingerprint density at radius 3 is 2.54 bits per heavy atom. The molecule has 0 spiro atoms. The molecule has 1 aromatic carbocycles. The Kier molecular flexibility index (Phi) is 5.07. The Labute approximate surface area is 149 Å². The van der Waals surface area contributed by atoms with Gasteiger partial charge in [-0.1, -0.05) is 12.1 Å². The molecule has 0 saturated carbocycles. The summed E-state index contributed by atoms with van der Waals surface area (Å²) in [6, 6.07) is 9.46. The Balaban J connectivity index is 1.75. The Hall–Kier alpha value is -3.48. The van der Waals surface area contributed by atoms with Crippen molar-refractivity contribution in [2.75, 3.05) is 5.32 Å². The largest absolute Gasteiger partial charge is 0.465 e. The highest BCUT2D eigenvalue weighted by molar-refractivity contribution is 6.02. The first-order valence-electron chi connectivity index (χ1n) is 7.83. The molecule has 1 amide bonds. The van der Waals surface area contributed by atoms with Gasteiger partial charge in [0.05, 0.1) is 23.3 Å². The van der Waals surface area contributed by atoms with Crippen LogP contribution in [0.15, 0.2) is 53.2 Å². The summed E-state index contributed by atoms with van der Waals surface area (Å²) in [5, 5.41) is 2.72. The number of ether oxygens (including phenoxy) is 1. The molecule has 0 radical (unpaired) electrons. The summed E-state index contributed by atoms with van der Waals surface area (Å²) < 4.78 is 24.2. The van der Waals surface area contributed by atoms with Crippen molar-refractivity contribution in [3.63, 3.8) is 0 Å². The molecule has 0 unspecified atom stereocenters. The minimum atomic E-state index is -0.508. The second-order valence-corrected chi connectivity index (χ2v) is 5.42. The minimum Gasteiger partial charge on any atom is -0.465 e.